The van der Waals surface area contributed by atoms with Gasteiger partial charge in [-0.15, -0.1) is 0 Å². The van der Waals surface area contributed by atoms with Gasteiger partial charge in [-0.2, -0.15) is 5.26 Å². The molecule has 0 radical (unpaired) electrons. The number of hydrogen-bond acceptors (Lipinski definition) is 1. The smallest absolute Gasteiger partial charge is 0.0652 e. The molecule has 0 aromatic rings. The summed E-state index contributed by atoms with van der Waals surface area (Å²) in [4.78, 5) is 0. The van der Waals surface area contributed by atoms with Crippen molar-refractivity contribution in [2.75, 3.05) is 0 Å². The first-order chi connectivity index (χ1) is 5.74. The lowest BCUT2D eigenvalue weighted by Crippen LogP contribution is -2.16. The predicted octanol–water partition coefficient (Wildman–Crippen LogP) is 3.14. The molecule has 0 aromatic heterocycles. The predicted molar refractivity (Wildman–Crippen MR) is 50.4 cm³/mol. The lowest BCUT2D eigenvalue weighted by molar-refractivity contribution is 0.305. The van der Waals surface area contributed by atoms with Crippen LogP contribution in [0.3, 0.4) is 0 Å². The Bertz CT molecular complexity index is 200. The summed E-state index contributed by atoms with van der Waals surface area (Å²) in [5.41, 5.74) is 0. The van der Waals surface area contributed by atoms with E-state index in [4.69, 9.17) is 5.26 Å². The molecule has 0 aromatic carbocycles. The molecule has 0 saturated heterocycles. The van der Waals surface area contributed by atoms with Gasteiger partial charge >= 0.3 is 0 Å². The molecule has 0 heterocycles. The van der Waals surface area contributed by atoms with Crippen LogP contribution in [0, 0.1) is 29.1 Å². The summed E-state index contributed by atoms with van der Waals surface area (Å²) in [7, 11) is 0. The maximum Gasteiger partial charge on any atom is 0.0652 e. The zero-order valence-corrected chi connectivity index (χ0v) is 7.96. The van der Waals surface area contributed by atoms with E-state index in [1.54, 1.807) is 0 Å². The van der Waals surface area contributed by atoms with Gasteiger partial charge in [0.05, 0.1) is 6.07 Å². The van der Waals surface area contributed by atoms with Crippen LogP contribution < -0.4 is 0 Å². The summed E-state index contributed by atoms with van der Waals surface area (Å²) < 4.78 is 0. The van der Waals surface area contributed by atoms with Gasteiger partial charge in [0.2, 0.25) is 0 Å². The van der Waals surface area contributed by atoms with Gasteiger partial charge in [0.25, 0.3) is 0 Å². The molecule has 0 N–H and O–H groups in total. The molecule has 3 unspecified atom stereocenters. The Morgan fingerprint density at radius 1 is 1.50 bits per heavy atom. The molecule has 0 spiro atoms. The SMILES string of the molecule is CC(C#N)CC1CC=CCC1C. The largest absolute Gasteiger partial charge is 0.198 e. The molecule has 12 heavy (non-hydrogen) atoms. The molecular formula is C11H17N. The summed E-state index contributed by atoms with van der Waals surface area (Å²) in [6.07, 6.45) is 7.96. The van der Waals surface area contributed by atoms with Crippen molar-refractivity contribution in [3.63, 3.8) is 0 Å². The lowest BCUT2D eigenvalue weighted by atomic mass is 9.79. The molecule has 1 aliphatic carbocycles. The van der Waals surface area contributed by atoms with Crippen molar-refractivity contribution in [1.29, 1.82) is 5.26 Å². The second-order valence-corrected chi connectivity index (χ2v) is 3.95. The van der Waals surface area contributed by atoms with E-state index in [1.165, 1.54) is 12.8 Å². The van der Waals surface area contributed by atoms with Crippen LogP contribution in [0.4, 0.5) is 0 Å². The molecular weight excluding hydrogens is 146 g/mol. The monoisotopic (exact) mass is 163 g/mol. The van der Waals surface area contributed by atoms with Crippen LogP contribution in [-0.2, 0) is 0 Å². The van der Waals surface area contributed by atoms with Gasteiger partial charge in [-0.3, -0.25) is 0 Å². The number of nitrogens with zero attached hydrogens (tertiary/aromatic N) is 1. The zero-order chi connectivity index (χ0) is 8.97. The minimum Gasteiger partial charge on any atom is -0.198 e. The normalized spacial score (nSPS) is 31.1. The van der Waals surface area contributed by atoms with Crippen molar-refractivity contribution in [1.82, 2.24) is 0 Å². The highest BCUT2D eigenvalue weighted by Gasteiger charge is 2.19. The first-order valence-corrected chi connectivity index (χ1v) is 4.78. The molecule has 0 saturated carbocycles. The van der Waals surface area contributed by atoms with Gasteiger partial charge in [0.15, 0.2) is 0 Å². The summed E-state index contributed by atoms with van der Waals surface area (Å²) >= 11 is 0. The first-order valence-electron chi connectivity index (χ1n) is 4.78. The highest BCUT2D eigenvalue weighted by Crippen LogP contribution is 2.29. The molecule has 1 nitrogen and oxygen atoms in total. The van der Waals surface area contributed by atoms with Crippen molar-refractivity contribution in [3.8, 4) is 6.07 Å². The average molecular weight is 163 g/mol. The third-order valence-corrected chi connectivity index (χ3v) is 2.79. The molecule has 0 amide bonds. The van der Waals surface area contributed by atoms with E-state index in [2.05, 4.69) is 25.1 Å². The molecule has 0 fully saturated rings. The molecule has 1 aliphatic rings. The summed E-state index contributed by atoms with van der Waals surface area (Å²) in [5.74, 6) is 1.74. The van der Waals surface area contributed by atoms with E-state index in [9.17, 15) is 0 Å². The molecule has 1 rings (SSSR count). The molecule has 3 atom stereocenters. The minimum absolute atomic E-state index is 0.226. The average Bonchev–Trinajstić information content (AvgIpc) is 2.09. The summed E-state index contributed by atoms with van der Waals surface area (Å²) in [6.45, 7) is 4.31. The molecule has 0 aliphatic heterocycles. The van der Waals surface area contributed by atoms with Crippen molar-refractivity contribution in [3.05, 3.63) is 12.2 Å². The van der Waals surface area contributed by atoms with Gasteiger partial charge in [-0.05, 0) is 38.0 Å². The Morgan fingerprint density at radius 3 is 2.75 bits per heavy atom. The fraction of sp³-hybridized carbons (Fsp3) is 0.727. The summed E-state index contributed by atoms with van der Waals surface area (Å²) in [5, 5.41) is 8.68. The fourth-order valence-corrected chi connectivity index (χ4v) is 1.84. The number of hydrogen-bond donors (Lipinski definition) is 0. The Kier molecular flexibility index (Phi) is 3.34. The molecule has 1 heteroatoms. The van der Waals surface area contributed by atoms with Gasteiger partial charge in [0, 0.05) is 5.92 Å². The van der Waals surface area contributed by atoms with E-state index in [-0.39, 0.29) is 5.92 Å². The second kappa shape index (κ2) is 4.30. The van der Waals surface area contributed by atoms with E-state index >= 15 is 0 Å². The van der Waals surface area contributed by atoms with E-state index in [0.717, 1.165) is 18.3 Å². The van der Waals surface area contributed by atoms with Gasteiger partial charge < -0.3 is 0 Å². The number of allylic oxidation sites excluding steroid dienone is 2. The van der Waals surface area contributed by atoms with Crippen LogP contribution >= 0.6 is 0 Å². The van der Waals surface area contributed by atoms with Crippen LogP contribution in [0.25, 0.3) is 0 Å². The van der Waals surface area contributed by atoms with Crippen LogP contribution in [0.2, 0.25) is 0 Å². The van der Waals surface area contributed by atoms with Crippen molar-refractivity contribution < 1.29 is 0 Å². The standard InChI is InChI=1S/C11H17N/c1-9(8-12)7-11-6-4-3-5-10(11)2/h3-4,9-11H,5-7H2,1-2H3. The fourth-order valence-electron chi connectivity index (χ4n) is 1.84. The third-order valence-electron chi connectivity index (χ3n) is 2.79. The van der Waals surface area contributed by atoms with Crippen LogP contribution in [-0.4, -0.2) is 0 Å². The van der Waals surface area contributed by atoms with Gasteiger partial charge in [0.1, 0.15) is 0 Å². The zero-order valence-electron chi connectivity index (χ0n) is 7.96. The first kappa shape index (κ1) is 9.32. The van der Waals surface area contributed by atoms with Crippen molar-refractivity contribution in [2.24, 2.45) is 17.8 Å². The van der Waals surface area contributed by atoms with Gasteiger partial charge in [-0.25, -0.2) is 0 Å². The van der Waals surface area contributed by atoms with Crippen molar-refractivity contribution >= 4 is 0 Å². The van der Waals surface area contributed by atoms with Crippen LogP contribution in [0.5, 0.6) is 0 Å². The Morgan fingerprint density at radius 2 is 2.17 bits per heavy atom. The van der Waals surface area contributed by atoms with Crippen LogP contribution in [0.15, 0.2) is 12.2 Å². The number of rotatable bonds is 2. The maximum atomic E-state index is 8.68. The van der Waals surface area contributed by atoms with Gasteiger partial charge in [-0.1, -0.05) is 19.1 Å². The quantitative estimate of drug-likeness (QED) is 0.574. The third kappa shape index (κ3) is 2.37. The Hall–Kier alpha value is -0.770. The molecule has 0 bridgehead atoms. The topological polar surface area (TPSA) is 23.8 Å². The van der Waals surface area contributed by atoms with Crippen molar-refractivity contribution in [2.45, 2.75) is 33.1 Å². The highest BCUT2D eigenvalue weighted by atomic mass is 14.3. The van der Waals surface area contributed by atoms with Crippen LogP contribution in [0.1, 0.15) is 33.1 Å². The lowest BCUT2D eigenvalue weighted by Gasteiger charge is -2.25. The maximum absolute atomic E-state index is 8.68. The minimum atomic E-state index is 0.226. The Labute approximate surface area is 75.1 Å². The highest BCUT2D eigenvalue weighted by molar-refractivity contribution is 4.95. The van der Waals surface area contributed by atoms with E-state index < -0.39 is 0 Å². The summed E-state index contributed by atoms with van der Waals surface area (Å²) in [6, 6.07) is 2.31. The van der Waals surface area contributed by atoms with E-state index in [1.807, 2.05) is 6.92 Å². The molecule has 66 valence electrons. The Balaban J connectivity index is 2.42. The number of nitriles is 1. The van der Waals surface area contributed by atoms with E-state index in [0.29, 0.717) is 0 Å². The second-order valence-electron chi connectivity index (χ2n) is 3.95.